The average Bonchev–Trinajstić information content (AvgIpc) is 3.75. The molecule has 0 bridgehead atoms. The van der Waals surface area contributed by atoms with E-state index in [1.54, 1.807) is 17.7 Å². The van der Waals surface area contributed by atoms with E-state index in [1.807, 2.05) is 52.4 Å². The van der Waals surface area contributed by atoms with E-state index >= 15 is 0 Å². The van der Waals surface area contributed by atoms with Crippen LogP contribution in [0.25, 0.3) is 70.2 Å². The minimum atomic E-state index is 0. The summed E-state index contributed by atoms with van der Waals surface area (Å²) >= 11 is 1.74. The number of nitrogens with zero attached hydrogens (tertiary/aromatic N) is 5. The first-order chi connectivity index (χ1) is 21.3. The lowest BCUT2D eigenvalue weighted by Crippen LogP contribution is -1.96. The van der Waals surface area contributed by atoms with Crippen molar-refractivity contribution < 1.29 is 0 Å². The minimum Gasteiger partial charge on any atom is -0.294 e. The number of fused-ring (bicyclic) bond motifs is 9. The molecule has 0 amide bonds. The van der Waals surface area contributed by atoms with Crippen LogP contribution in [0.1, 0.15) is 46.4 Å². The van der Waals surface area contributed by atoms with Crippen LogP contribution in [0, 0.1) is 0 Å². The van der Waals surface area contributed by atoms with Crippen molar-refractivity contribution in [1.29, 1.82) is 0 Å². The first-order valence-electron chi connectivity index (χ1n) is 14.9. The summed E-state index contributed by atoms with van der Waals surface area (Å²) in [5.41, 5.74) is 11.4. The largest absolute Gasteiger partial charge is 0.294 e. The molecule has 6 heteroatoms. The van der Waals surface area contributed by atoms with Gasteiger partial charge in [0.2, 0.25) is 0 Å². The van der Waals surface area contributed by atoms with E-state index in [1.165, 1.54) is 37.7 Å². The summed E-state index contributed by atoms with van der Waals surface area (Å²) in [6.45, 7) is 8.00. The molecule has 5 aromatic heterocycles. The number of rotatable bonds is 2. The molecule has 0 unspecified atom stereocenters. The Kier molecular flexibility index (Phi) is 7.93. The van der Waals surface area contributed by atoms with Crippen LogP contribution in [0.2, 0.25) is 0 Å². The minimum absolute atomic E-state index is 0. The Morgan fingerprint density at radius 1 is 0.705 bits per heavy atom. The van der Waals surface area contributed by atoms with Gasteiger partial charge < -0.3 is 0 Å². The van der Waals surface area contributed by atoms with Crippen molar-refractivity contribution in [3.05, 3.63) is 115 Å². The molecule has 1 aliphatic carbocycles. The second kappa shape index (κ2) is 12.0. The van der Waals surface area contributed by atoms with Crippen molar-refractivity contribution in [2.45, 2.75) is 41.5 Å². The van der Waals surface area contributed by atoms with E-state index in [4.69, 9.17) is 9.97 Å². The lowest BCUT2D eigenvalue weighted by molar-refractivity contribution is 1.11. The highest BCUT2D eigenvalue weighted by Crippen LogP contribution is 2.43. The van der Waals surface area contributed by atoms with Crippen molar-refractivity contribution in [2.24, 2.45) is 0 Å². The second-order valence-electron chi connectivity index (χ2n) is 9.98. The van der Waals surface area contributed by atoms with Gasteiger partial charge in [0.05, 0.1) is 21.4 Å². The van der Waals surface area contributed by atoms with E-state index in [-0.39, 0.29) is 7.43 Å². The zero-order chi connectivity index (χ0) is 29.5. The van der Waals surface area contributed by atoms with Gasteiger partial charge in [0.25, 0.3) is 0 Å². The smallest absolute Gasteiger partial charge is 0.145 e. The molecule has 0 N–H and O–H groups in total. The average molecular weight is 594 g/mol. The molecule has 5 heterocycles. The van der Waals surface area contributed by atoms with Gasteiger partial charge in [-0.25, -0.2) is 15.0 Å². The maximum atomic E-state index is 4.96. The number of aromatic nitrogens is 5. The zero-order valence-corrected chi connectivity index (χ0v) is 25.5. The first kappa shape index (κ1) is 29.1. The molecule has 0 radical (unpaired) electrons. The topological polar surface area (TPSA) is 56.5 Å². The van der Waals surface area contributed by atoms with Crippen LogP contribution in [0.3, 0.4) is 0 Å². The number of benzene rings is 3. The van der Waals surface area contributed by atoms with Crippen LogP contribution in [-0.2, 0) is 6.42 Å². The van der Waals surface area contributed by atoms with Crippen LogP contribution in [0.4, 0.5) is 0 Å². The summed E-state index contributed by atoms with van der Waals surface area (Å²) in [5, 5.41) is 3.54. The Hall–Kier alpha value is -4.94. The SMILES string of the molecule is C.CC.CC.c1cc(-c2cnc3c(c2)-c2cc(-n4c5ccccc5c5cccnc54)ccc2C3)c2sc3cncnc3c2c1. The molecule has 218 valence electrons. The number of para-hydroxylation sites is 1. The molecular formula is C38H35N5S. The number of pyridine rings is 2. The zero-order valence-electron chi connectivity index (χ0n) is 24.7. The molecule has 0 fully saturated rings. The van der Waals surface area contributed by atoms with Crippen molar-refractivity contribution in [2.75, 3.05) is 0 Å². The molecule has 9 rings (SSSR count). The molecule has 0 spiro atoms. The molecule has 44 heavy (non-hydrogen) atoms. The number of thiophene rings is 1. The predicted octanol–water partition coefficient (Wildman–Crippen LogP) is 10.7. The third-order valence-corrected chi connectivity index (χ3v) is 9.04. The normalized spacial score (nSPS) is 11.4. The van der Waals surface area contributed by atoms with Crippen molar-refractivity contribution in [3.8, 4) is 27.9 Å². The van der Waals surface area contributed by atoms with Gasteiger partial charge in [-0.3, -0.25) is 9.55 Å². The second-order valence-corrected chi connectivity index (χ2v) is 11.0. The van der Waals surface area contributed by atoms with Gasteiger partial charge in [0, 0.05) is 68.2 Å². The third kappa shape index (κ3) is 4.45. The molecule has 0 saturated heterocycles. The van der Waals surface area contributed by atoms with E-state index in [9.17, 15) is 0 Å². The summed E-state index contributed by atoms with van der Waals surface area (Å²) in [5.74, 6) is 0. The van der Waals surface area contributed by atoms with Crippen LogP contribution >= 0.6 is 11.3 Å². The highest BCUT2D eigenvalue weighted by atomic mass is 32.1. The lowest BCUT2D eigenvalue weighted by Gasteiger charge is -2.10. The Morgan fingerprint density at radius 3 is 2.41 bits per heavy atom. The molecular weight excluding hydrogens is 559 g/mol. The quantitative estimate of drug-likeness (QED) is 0.200. The van der Waals surface area contributed by atoms with E-state index < -0.39 is 0 Å². The van der Waals surface area contributed by atoms with Crippen LogP contribution in [0.5, 0.6) is 0 Å². The summed E-state index contributed by atoms with van der Waals surface area (Å²) in [6.07, 6.45) is 8.27. The Labute approximate surface area is 261 Å². The molecule has 0 saturated carbocycles. The van der Waals surface area contributed by atoms with E-state index in [0.29, 0.717) is 0 Å². The Bertz CT molecular complexity index is 2220. The van der Waals surface area contributed by atoms with Crippen molar-refractivity contribution in [1.82, 2.24) is 24.5 Å². The maximum absolute atomic E-state index is 4.96. The highest BCUT2D eigenvalue weighted by Gasteiger charge is 2.23. The van der Waals surface area contributed by atoms with Crippen LogP contribution < -0.4 is 0 Å². The Morgan fingerprint density at radius 2 is 1.52 bits per heavy atom. The fraction of sp³-hybridized carbons (Fsp3) is 0.158. The highest BCUT2D eigenvalue weighted by molar-refractivity contribution is 7.26. The lowest BCUT2D eigenvalue weighted by atomic mass is 10.0. The van der Waals surface area contributed by atoms with Crippen molar-refractivity contribution >= 4 is 53.6 Å². The van der Waals surface area contributed by atoms with Gasteiger partial charge in [-0.2, -0.15) is 0 Å². The molecule has 3 aromatic carbocycles. The first-order valence-corrected chi connectivity index (χ1v) is 15.7. The van der Waals surface area contributed by atoms with Gasteiger partial charge in [0.15, 0.2) is 0 Å². The van der Waals surface area contributed by atoms with E-state index in [0.717, 1.165) is 50.1 Å². The van der Waals surface area contributed by atoms with Gasteiger partial charge in [0.1, 0.15) is 12.0 Å². The van der Waals surface area contributed by atoms with Gasteiger partial charge in [-0.15, -0.1) is 11.3 Å². The molecule has 0 aliphatic heterocycles. The fourth-order valence-corrected chi connectivity index (χ4v) is 7.29. The maximum Gasteiger partial charge on any atom is 0.145 e. The molecule has 0 atom stereocenters. The van der Waals surface area contributed by atoms with Crippen molar-refractivity contribution in [3.63, 3.8) is 0 Å². The van der Waals surface area contributed by atoms with Crippen LogP contribution in [-0.4, -0.2) is 24.5 Å². The van der Waals surface area contributed by atoms with E-state index in [2.05, 4.69) is 87.3 Å². The standard InChI is InChI=1S/C33H19N5S.2C2H6.CH4/c1-2-9-29-23(5-1)24-8-4-12-35-33(24)38(29)21-11-10-19-14-28-27(26(19)15-21)13-20(16-36-28)22-6-3-7-25-31-30(39-32(22)25)17-34-18-37-31;2*1-2;/h1-13,15-18H,14H2;2*1-2H3;1H4. The monoisotopic (exact) mass is 593 g/mol. The Balaban J connectivity index is 0.000000661. The summed E-state index contributed by atoms with van der Waals surface area (Å²) < 4.78 is 4.60. The fourth-order valence-electron chi connectivity index (χ4n) is 6.13. The number of hydrogen-bond donors (Lipinski definition) is 0. The van der Waals surface area contributed by atoms with Gasteiger partial charge in [-0.05, 0) is 47.5 Å². The summed E-state index contributed by atoms with van der Waals surface area (Å²) in [7, 11) is 0. The molecule has 5 nitrogen and oxygen atoms in total. The number of hydrogen-bond acceptors (Lipinski definition) is 5. The molecule has 1 aliphatic rings. The third-order valence-electron chi connectivity index (χ3n) is 7.88. The van der Waals surface area contributed by atoms with Gasteiger partial charge in [-0.1, -0.05) is 77.6 Å². The van der Waals surface area contributed by atoms with Crippen LogP contribution in [0.15, 0.2) is 104 Å². The predicted molar refractivity (Wildman–Crippen MR) is 188 cm³/mol. The molecule has 8 aromatic rings. The summed E-state index contributed by atoms with van der Waals surface area (Å²) in [4.78, 5) is 18.5. The summed E-state index contributed by atoms with van der Waals surface area (Å²) in [6, 6.07) is 28.2. The van der Waals surface area contributed by atoms with Gasteiger partial charge >= 0.3 is 0 Å².